The molecule has 0 unspecified atom stereocenters. The first-order valence-electron chi connectivity index (χ1n) is 18.3. The number of rotatable bonds is 21. The van der Waals surface area contributed by atoms with Crippen LogP contribution in [0.5, 0.6) is 17.2 Å². The van der Waals surface area contributed by atoms with Crippen molar-refractivity contribution in [3.8, 4) is 17.2 Å². The fourth-order valence-corrected chi connectivity index (χ4v) is 6.02. The fourth-order valence-electron chi connectivity index (χ4n) is 5.64. The number of nitrogens with one attached hydrogen (secondary N) is 3. The number of nitrogens with zero attached hydrogens (tertiary/aromatic N) is 1. The predicted molar refractivity (Wildman–Crippen MR) is 229 cm³/mol. The van der Waals surface area contributed by atoms with E-state index in [1.54, 1.807) is 0 Å². The maximum absolute atomic E-state index is 6.15. The molecule has 0 fully saturated rings. The molecule has 10 heteroatoms. The van der Waals surface area contributed by atoms with Crippen molar-refractivity contribution in [1.29, 1.82) is 0 Å². The van der Waals surface area contributed by atoms with Crippen LogP contribution in [0.25, 0.3) is 0 Å². The Bertz CT molecular complexity index is 1760. The van der Waals surface area contributed by atoms with Crippen LogP contribution >= 0.6 is 34.8 Å². The van der Waals surface area contributed by atoms with Crippen LogP contribution in [0.15, 0.2) is 146 Å². The van der Waals surface area contributed by atoms with Crippen LogP contribution in [0.3, 0.4) is 0 Å². The monoisotopic (exact) mass is 794 g/mol. The van der Waals surface area contributed by atoms with Crippen molar-refractivity contribution < 1.29 is 14.2 Å². The van der Waals surface area contributed by atoms with E-state index in [-0.39, 0.29) is 0 Å². The van der Waals surface area contributed by atoms with Crippen LogP contribution in [0.4, 0.5) is 17.1 Å². The standard InChI is InChI=1S/C45H45Cl3N4O3/c46-37-7-1-34(2-8-37)31-49-40-13-19-43(20-14-40)53-28-25-52(26-29-54-44-21-15-41(16-22-44)50-32-35-3-9-38(47)10-4-35)27-30-55-45-23-17-42(18-24-45)51-33-36-5-11-39(48)12-6-36/h1-24,49-51H,25-33H2. The van der Waals surface area contributed by atoms with Gasteiger partial charge in [0.05, 0.1) is 0 Å². The second kappa shape index (κ2) is 21.1. The first-order chi connectivity index (χ1) is 26.9. The summed E-state index contributed by atoms with van der Waals surface area (Å²) in [6.45, 7) is 5.87. The minimum Gasteiger partial charge on any atom is -0.492 e. The summed E-state index contributed by atoms with van der Waals surface area (Å²) in [5, 5.41) is 12.5. The first kappa shape index (κ1) is 39.6. The summed E-state index contributed by atoms with van der Waals surface area (Å²) in [7, 11) is 0. The van der Waals surface area contributed by atoms with Gasteiger partial charge in [-0.15, -0.1) is 0 Å². The maximum Gasteiger partial charge on any atom is 0.119 e. The Morgan fingerprint density at radius 1 is 0.345 bits per heavy atom. The highest BCUT2D eigenvalue weighted by Gasteiger charge is 2.08. The van der Waals surface area contributed by atoms with Crippen molar-refractivity contribution in [3.05, 3.63) is 177 Å². The van der Waals surface area contributed by atoms with E-state index >= 15 is 0 Å². The average Bonchev–Trinajstić information content (AvgIpc) is 3.21. The quantitative estimate of drug-likeness (QED) is 0.0670. The van der Waals surface area contributed by atoms with Gasteiger partial charge < -0.3 is 30.2 Å². The highest BCUT2D eigenvalue weighted by atomic mass is 35.5. The maximum atomic E-state index is 6.15. The summed E-state index contributed by atoms with van der Waals surface area (Å²) in [4.78, 5) is 2.30. The van der Waals surface area contributed by atoms with E-state index in [1.165, 1.54) is 0 Å². The highest BCUT2D eigenvalue weighted by molar-refractivity contribution is 6.31. The molecule has 6 aromatic rings. The second-order valence-corrected chi connectivity index (χ2v) is 14.2. The smallest absolute Gasteiger partial charge is 0.119 e. The molecule has 0 amide bonds. The molecule has 0 spiro atoms. The summed E-state index contributed by atoms with van der Waals surface area (Å²) in [6.07, 6.45) is 0. The van der Waals surface area contributed by atoms with Gasteiger partial charge in [0.25, 0.3) is 0 Å². The number of benzene rings is 6. The van der Waals surface area contributed by atoms with Crippen LogP contribution in [-0.2, 0) is 19.6 Å². The number of ether oxygens (including phenoxy) is 3. The van der Waals surface area contributed by atoms with Gasteiger partial charge in [-0.25, -0.2) is 0 Å². The molecule has 55 heavy (non-hydrogen) atoms. The van der Waals surface area contributed by atoms with Crippen molar-refractivity contribution in [2.75, 3.05) is 55.4 Å². The van der Waals surface area contributed by atoms with Crippen molar-refractivity contribution >= 4 is 51.9 Å². The summed E-state index contributed by atoms with van der Waals surface area (Å²) in [6, 6.07) is 47.6. The molecule has 0 saturated carbocycles. The second-order valence-electron chi connectivity index (χ2n) is 12.9. The zero-order valence-electron chi connectivity index (χ0n) is 30.5. The minimum absolute atomic E-state index is 0.527. The molecule has 6 aromatic carbocycles. The molecule has 0 heterocycles. The van der Waals surface area contributed by atoms with Gasteiger partial charge in [-0.2, -0.15) is 0 Å². The van der Waals surface area contributed by atoms with Gasteiger partial charge >= 0.3 is 0 Å². The molecule has 0 aliphatic carbocycles. The lowest BCUT2D eigenvalue weighted by Crippen LogP contribution is -2.35. The van der Waals surface area contributed by atoms with Crippen LogP contribution in [0.2, 0.25) is 15.1 Å². The molecule has 0 atom stereocenters. The van der Waals surface area contributed by atoms with Gasteiger partial charge in [0.1, 0.15) is 37.1 Å². The Morgan fingerprint density at radius 3 is 0.855 bits per heavy atom. The summed E-state index contributed by atoms with van der Waals surface area (Å²) >= 11 is 18.0. The summed E-state index contributed by atoms with van der Waals surface area (Å²) in [5.41, 5.74) is 6.56. The van der Waals surface area contributed by atoms with E-state index in [2.05, 4.69) is 20.9 Å². The molecule has 0 radical (unpaired) electrons. The molecule has 0 bridgehead atoms. The zero-order valence-corrected chi connectivity index (χ0v) is 32.8. The Kier molecular flexibility index (Phi) is 15.2. The third-order valence-corrected chi connectivity index (χ3v) is 9.58. The van der Waals surface area contributed by atoms with Crippen molar-refractivity contribution in [2.24, 2.45) is 0 Å². The van der Waals surface area contributed by atoms with Crippen LogP contribution in [0.1, 0.15) is 16.7 Å². The Hall–Kier alpha value is -5.05. The van der Waals surface area contributed by atoms with Crippen LogP contribution in [-0.4, -0.2) is 44.4 Å². The molecule has 0 aliphatic heterocycles. The number of halogens is 3. The van der Waals surface area contributed by atoms with E-state index < -0.39 is 0 Å². The zero-order chi connectivity index (χ0) is 38.1. The first-order valence-corrected chi connectivity index (χ1v) is 19.4. The lowest BCUT2D eigenvalue weighted by Gasteiger charge is -2.23. The minimum atomic E-state index is 0.527. The largest absolute Gasteiger partial charge is 0.492 e. The van der Waals surface area contributed by atoms with Crippen molar-refractivity contribution in [1.82, 2.24) is 4.90 Å². The molecular weight excluding hydrogens is 751 g/mol. The van der Waals surface area contributed by atoms with E-state index in [1.807, 2.05) is 146 Å². The van der Waals surface area contributed by atoms with Gasteiger partial charge in [0, 0.05) is 71.4 Å². The number of anilines is 3. The summed E-state index contributed by atoms with van der Waals surface area (Å²) < 4.78 is 18.5. The van der Waals surface area contributed by atoms with Crippen LogP contribution in [0, 0.1) is 0 Å². The van der Waals surface area contributed by atoms with Crippen molar-refractivity contribution in [3.63, 3.8) is 0 Å². The Labute approximate surface area is 339 Å². The van der Waals surface area contributed by atoms with Gasteiger partial charge in [0.15, 0.2) is 0 Å². The lowest BCUT2D eigenvalue weighted by molar-refractivity contribution is 0.153. The fraction of sp³-hybridized carbons (Fsp3) is 0.200. The van der Waals surface area contributed by atoms with Crippen LogP contribution < -0.4 is 30.2 Å². The molecular formula is C45H45Cl3N4O3. The SMILES string of the molecule is Clc1ccc(CNc2ccc(OCCN(CCOc3ccc(NCc4ccc(Cl)cc4)cc3)CCOc3ccc(NCc4ccc(Cl)cc4)cc3)cc2)cc1. The highest BCUT2D eigenvalue weighted by Crippen LogP contribution is 2.20. The molecule has 284 valence electrons. The third kappa shape index (κ3) is 13.9. The van der Waals surface area contributed by atoms with Crippen molar-refractivity contribution in [2.45, 2.75) is 19.6 Å². The topological polar surface area (TPSA) is 67.0 Å². The van der Waals surface area contributed by atoms with E-state index in [0.717, 1.165) is 66.1 Å². The average molecular weight is 796 g/mol. The third-order valence-electron chi connectivity index (χ3n) is 8.82. The molecule has 0 aliphatic rings. The molecule has 6 rings (SSSR count). The number of hydrogen-bond acceptors (Lipinski definition) is 7. The Balaban J connectivity index is 0.963. The number of hydrogen-bond donors (Lipinski definition) is 3. The molecule has 3 N–H and O–H groups in total. The van der Waals surface area contributed by atoms with Gasteiger partial charge in [-0.05, 0) is 126 Å². The van der Waals surface area contributed by atoms with E-state index in [0.29, 0.717) is 59.1 Å². The van der Waals surface area contributed by atoms with E-state index in [4.69, 9.17) is 49.0 Å². The van der Waals surface area contributed by atoms with Gasteiger partial charge in [-0.1, -0.05) is 71.2 Å². The van der Waals surface area contributed by atoms with Gasteiger partial charge in [-0.3, -0.25) is 4.90 Å². The molecule has 0 saturated heterocycles. The Morgan fingerprint density at radius 2 is 0.600 bits per heavy atom. The predicted octanol–water partition coefficient (Wildman–Crippen LogP) is 11.3. The summed E-state index contributed by atoms with van der Waals surface area (Å²) in [5.74, 6) is 2.46. The molecule has 7 nitrogen and oxygen atoms in total. The normalized spacial score (nSPS) is 10.9. The van der Waals surface area contributed by atoms with E-state index in [9.17, 15) is 0 Å². The lowest BCUT2D eigenvalue weighted by atomic mass is 10.2. The molecule has 0 aromatic heterocycles. The van der Waals surface area contributed by atoms with Gasteiger partial charge in [0.2, 0.25) is 0 Å².